The van der Waals surface area contributed by atoms with E-state index in [1.54, 1.807) is 7.11 Å². The maximum Gasteiger partial charge on any atom is 0.246 e. The maximum atomic E-state index is 11.6. The molecule has 0 saturated heterocycles. The van der Waals surface area contributed by atoms with E-state index in [-0.39, 0.29) is 12.5 Å². The highest BCUT2D eigenvalue weighted by Crippen LogP contribution is 2.39. The number of nitrogens with one attached hydrogen (secondary N) is 1. The molecule has 4 heteroatoms. The average Bonchev–Trinajstić information content (AvgIpc) is 2.19. The lowest BCUT2D eigenvalue weighted by Crippen LogP contribution is -2.54. The Morgan fingerprint density at radius 2 is 2.00 bits per heavy atom. The van der Waals surface area contributed by atoms with E-state index >= 15 is 0 Å². The fourth-order valence-electron chi connectivity index (χ4n) is 3.38. The zero-order valence-corrected chi connectivity index (χ0v) is 9.95. The summed E-state index contributed by atoms with van der Waals surface area (Å²) in [4.78, 5) is 11.6. The van der Waals surface area contributed by atoms with Gasteiger partial charge in [-0.2, -0.15) is 0 Å². The normalized spacial score (nSPS) is 38.1. The summed E-state index contributed by atoms with van der Waals surface area (Å²) in [5.74, 6) is 1.19. The van der Waals surface area contributed by atoms with Crippen molar-refractivity contribution in [3.63, 3.8) is 0 Å². The van der Waals surface area contributed by atoms with Crippen LogP contribution in [0.5, 0.6) is 0 Å². The third-order valence-corrected chi connectivity index (χ3v) is 3.98. The summed E-state index contributed by atoms with van der Waals surface area (Å²) < 4.78 is 4.85. The van der Waals surface area contributed by atoms with Gasteiger partial charge in [0.25, 0.3) is 0 Å². The molecule has 0 heterocycles. The molecule has 0 spiro atoms. The average molecular weight is 226 g/mol. The summed E-state index contributed by atoms with van der Waals surface area (Å²) in [6.45, 7) is 0.169. The summed E-state index contributed by atoms with van der Waals surface area (Å²) in [6.07, 6.45) is 5.84. The van der Waals surface area contributed by atoms with Crippen LogP contribution in [0.4, 0.5) is 0 Å². The van der Waals surface area contributed by atoms with Gasteiger partial charge in [-0.25, -0.2) is 0 Å². The van der Waals surface area contributed by atoms with Crippen LogP contribution in [0, 0.1) is 11.8 Å². The Morgan fingerprint density at radius 1 is 1.38 bits per heavy atom. The second-order valence-corrected chi connectivity index (χ2v) is 5.21. The number of fused-ring (bicyclic) bond motifs is 2. The fourth-order valence-corrected chi connectivity index (χ4v) is 3.38. The van der Waals surface area contributed by atoms with E-state index in [2.05, 4.69) is 5.32 Å². The lowest BCUT2D eigenvalue weighted by atomic mass is 9.67. The van der Waals surface area contributed by atoms with E-state index in [0.29, 0.717) is 23.9 Å². The van der Waals surface area contributed by atoms with Crippen LogP contribution in [0.25, 0.3) is 0 Å². The second kappa shape index (κ2) is 5.15. The Bertz CT molecular complexity index is 243. The molecule has 0 aliphatic heterocycles. The summed E-state index contributed by atoms with van der Waals surface area (Å²) in [5, 5.41) is 3.12. The lowest BCUT2D eigenvalue weighted by Gasteiger charge is -2.45. The van der Waals surface area contributed by atoms with Crippen molar-refractivity contribution >= 4 is 5.91 Å². The topological polar surface area (TPSA) is 64.3 Å². The third kappa shape index (κ3) is 2.55. The van der Waals surface area contributed by atoms with Crippen LogP contribution in [0.3, 0.4) is 0 Å². The number of hydrogen-bond donors (Lipinski definition) is 2. The number of carbonyl (C=O) groups excluding carboxylic acids is 1. The quantitative estimate of drug-likeness (QED) is 0.743. The molecule has 92 valence electrons. The molecule has 0 aromatic carbocycles. The Hall–Kier alpha value is -0.610. The fraction of sp³-hybridized carbons (Fsp3) is 0.917. The summed E-state index contributed by atoms with van der Waals surface area (Å²) in [6, 6.07) is 0.682. The number of rotatable bonds is 3. The zero-order valence-electron chi connectivity index (χ0n) is 9.95. The summed E-state index contributed by atoms with van der Waals surface area (Å²) >= 11 is 0. The highest BCUT2D eigenvalue weighted by Gasteiger charge is 2.39. The molecule has 1 amide bonds. The van der Waals surface area contributed by atoms with Gasteiger partial charge in [0.15, 0.2) is 0 Å². The van der Waals surface area contributed by atoms with Gasteiger partial charge in [0.2, 0.25) is 5.91 Å². The Kier molecular flexibility index (Phi) is 3.82. The minimum atomic E-state index is 0.0138. The number of amides is 1. The molecule has 0 radical (unpaired) electrons. The molecule has 2 saturated carbocycles. The largest absolute Gasteiger partial charge is 0.375 e. The van der Waals surface area contributed by atoms with Crippen LogP contribution in [0.1, 0.15) is 32.1 Å². The summed E-state index contributed by atoms with van der Waals surface area (Å²) in [7, 11) is 1.55. The minimum absolute atomic E-state index is 0.0138. The molecule has 3 N–H and O–H groups in total. The molecule has 2 rings (SSSR count). The van der Waals surface area contributed by atoms with E-state index in [1.165, 1.54) is 19.3 Å². The van der Waals surface area contributed by atoms with Gasteiger partial charge in [0, 0.05) is 19.2 Å². The molecule has 16 heavy (non-hydrogen) atoms. The standard InChI is InChI=1S/C12H22N2O2/c1-16-7-11(15)14-12-8-3-2-4-9(12)6-10(13)5-8/h8-10,12H,2-7,13H2,1H3,(H,14,15). The number of nitrogens with two attached hydrogens (primary N) is 1. The molecule has 2 aliphatic rings. The monoisotopic (exact) mass is 226 g/mol. The minimum Gasteiger partial charge on any atom is -0.375 e. The molecule has 0 aromatic rings. The Morgan fingerprint density at radius 3 is 2.56 bits per heavy atom. The van der Waals surface area contributed by atoms with Crippen molar-refractivity contribution in [2.45, 2.75) is 44.2 Å². The maximum absolute atomic E-state index is 11.6. The van der Waals surface area contributed by atoms with Crippen molar-refractivity contribution in [2.75, 3.05) is 13.7 Å². The number of methoxy groups -OCH3 is 1. The summed E-state index contributed by atoms with van der Waals surface area (Å²) in [5.41, 5.74) is 6.04. The van der Waals surface area contributed by atoms with Gasteiger partial charge in [0.05, 0.1) is 0 Å². The van der Waals surface area contributed by atoms with Crippen molar-refractivity contribution in [1.29, 1.82) is 0 Å². The zero-order chi connectivity index (χ0) is 11.5. The van der Waals surface area contributed by atoms with Gasteiger partial charge in [-0.15, -0.1) is 0 Å². The molecular formula is C12H22N2O2. The van der Waals surface area contributed by atoms with Gasteiger partial charge in [-0.05, 0) is 37.5 Å². The second-order valence-electron chi connectivity index (χ2n) is 5.21. The predicted molar refractivity (Wildman–Crippen MR) is 61.8 cm³/mol. The molecule has 2 atom stereocenters. The van der Waals surface area contributed by atoms with Crippen molar-refractivity contribution in [1.82, 2.24) is 5.32 Å². The van der Waals surface area contributed by atoms with Crippen molar-refractivity contribution in [2.24, 2.45) is 17.6 Å². The number of hydrogen-bond acceptors (Lipinski definition) is 3. The third-order valence-electron chi connectivity index (χ3n) is 3.98. The molecule has 2 unspecified atom stereocenters. The molecule has 2 bridgehead atoms. The van der Waals surface area contributed by atoms with Gasteiger partial charge in [-0.1, -0.05) is 6.42 Å². The molecule has 2 fully saturated rings. The molecule has 4 nitrogen and oxygen atoms in total. The van der Waals surface area contributed by atoms with Gasteiger partial charge < -0.3 is 15.8 Å². The van der Waals surface area contributed by atoms with Crippen LogP contribution in [0.15, 0.2) is 0 Å². The first-order valence-corrected chi connectivity index (χ1v) is 6.24. The van der Waals surface area contributed by atoms with Crippen LogP contribution >= 0.6 is 0 Å². The van der Waals surface area contributed by atoms with E-state index in [4.69, 9.17) is 10.5 Å². The van der Waals surface area contributed by atoms with Gasteiger partial charge >= 0.3 is 0 Å². The Balaban J connectivity index is 1.95. The van der Waals surface area contributed by atoms with Crippen LogP contribution in [-0.2, 0) is 9.53 Å². The molecule has 0 aromatic heterocycles. The highest BCUT2D eigenvalue weighted by molar-refractivity contribution is 5.77. The number of carbonyl (C=O) groups is 1. The van der Waals surface area contributed by atoms with Gasteiger partial charge in [-0.3, -0.25) is 4.79 Å². The van der Waals surface area contributed by atoms with Gasteiger partial charge in [0.1, 0.15) is 6.61 Å². The predicted octanol–water partition coefficient (Wildman–Crippen LogP) is 0.655. The smallest absolute Gasteiger partial charge is 0.246 e. The molecular weight excluding hydrogens is 204 g/mol. The first kappa shape index (κ1) is 11.9. The van der Waals surface area contributed by atoms with Crippen molar-refractivity contribution in [3.8, 4) is 0 Å². The lowest BCUT2D eigenvalue weighted by molar-refractivity contribution is -0.127. The van der Waals surface area contributed by atoms with Crippen LogP contribution in [-0.4, -0.2) is 31.7 Å². The van der Waals surface area contributed by atoms with E-state index < -0.39 is 0 Å². The Labute approximate surface area is 96.9 Å². The van der Waals surface area contributed by atoms with Crippen molar-refractivity contribution in [3.05, 3.63) is 0 Å². The SMILES string of the molecule is COCC(=O)NC1C2CCCC1CC(N)C2. The molecule has 2 aliphatic carbocycles. The van der Waals surface area contributed by atoms with E-state index in [9.17, 15) is 4.79 Å². The van der Waals surface area contributed by atoms with Crippen LogP contribution < -0.4 is 11.1 Å². The van der Waals surface area contributed by atoms with E-state index in [0.717, 1.165) is 12.8 Å². The van der Waals surface area contributed by atoms with Crippen LogP contribution in [0.2, 0.25) is 0 Å². The first-order chi connectivity index (χ1) is 7.70. The van der Waals surface area contributed by atoms with Crippen molar-refractivity contribution < 1.29 is 9.53 Å². The van der Waals surface area contributed by atoms with E-state index in [1.807, 2.05) is 0 Å². The highest BCUT2D eigenvalue weighted by atomic mass is 16.5. The first-order valence-electron chi connectivity index (χ1n) is 6.24. The number of ether oxygens (including phenoxy) is 1.